The molecule has 1 rings (SSSR count). The van der Waals surface area contributed by atoms with Gasteiger partial charge in [-0.25, -0.2) is 0 Å². The van der Waals surface area contributed by atoms with E-state index in [0.717, 1.165) is 12.0 Å². The van der Waals surface area contributed by atoms with E-state index < -0.39 is 0 Å². The lowest BCUT2D eigenvalue weighted by Crippen LogP contribution is -2.39. The summed E-state index contributed by atoms with van der Waals surface area (Å²) in [5.41, 5.74) is 6.08. The van der Waals surface area contributed by atoms with E-state index in [1.165, 1.54) is 38.6 Å². The summed E-state index contributed by atoms with van der Waals surface area (Å²) in [6.07, 6.45) is 6.43. The molecule has 1 saturated carbocycles. The molecule has 0 aromatic heterocycles. The molecule has 1 aliphatic rings. The van der Waals surface area contributed by atoms with E-state index >= 15 is 0 Å². The van der Waals surface area contributed by atoms with Gasteiger partial charge in [-0.3, -0.25) is 0 Å². The molecule has 0 spiro atoms. The number of nitrogens with zero attached hydrogens (tertiary/aromatic N) is 1. The summed E-state index contributed by atoms with van der Waals surface area (Å²) >= 11 is 0. The average molecular weight is 198 g/mol. The van der Waals surface area contributed by atoms with Crippen molar-refractivity contribution in [3.05, 3.63) is 0 Å². The second-order valence-corrected chi connectivity index (χ2v) is 4.76. The SMILES string of the molecule is CCC(CC)N(C)CC1CCCC1N. The minimum atomic E-state index is 0.465. The molecule has 1 aliphatic carbocycles. The van der Waals surface area contributed by atoms with Crippen LogP contribution in [0.2, 0.25) is 0 Å². The molecule has 2 unspecified atom stereocenters. The summed E-state index contributed by atoms with van der Waals surface area (Å²) in [7, 11) is 2.25. The van der Waals surface area contributed by atoms with Crippen LogP contribution in [0.25, 0.3) is 0 Å². The zero-order chi connectivity index (χ0) is 10.6. The van der Waals surface area contributed by atoms with Crippen LogP contribution >= 0.6 is 0 Å². The first-order chi connectivity index (χ1) is 6.69. The molecule has 2 atom stereocenters. The van der Waals surface area contributed by atoms with Crippen molar-refractivity contribution in [3.8, 4) is 0 Å². The summed E-state index contributed by atoms with van der Waals surface area (Å²) in [6, 6.07) is 1.22. The fourth-order valence-corrected chi connectivity index (χ4v) is 2.72. The van der Waals surface area contributed by atoms with Crippen LogP contribution in [0.1, 0.15) is 46.0 Å². The second kappa shape index (κ2) is 5.72. The minimum absolute atomic E-state index is 0.465. The topological polar surface area (TPSA) is 29.3 Å². The Morgan fingerprint density at radius 2 is 1.93 bits per heavy atom. The summed E-state index contributed by atoms with van der Waals surface area (Å²) in [6.45, 7) is 5.76. The molecule has 0 bridgehead atoms. The van der Waals surface area contributed by atoms with Crippen LogP contribution in [0.15, 0.2) is 0 Å². The first-order valence-corrected chi connectivity index (χ1v) is 6.14. The van der Waals surface area contributed by atoms with E-state index in [9.17, 15) is 0 Å². The predicted octanol–water partition coefficient (Wildman–Crippen LogP) is 2.23. The van der Waals surface area contributed by atoms with Crippen LogP contribution in [0, 0.1) is 5.92 Å². The van der Waals surface area contributed by atoms with Gasteiger partial charge in [-0.1, -0.05) is 20.3 Å². The van der Waals surface area contributed by atoms with Crippen LogP contribution < -0.4 is 5.73 Å². The second-order valence-electron chi connectivity index (χ2n) is 4.76. The smallest absolute Gasteiger partial charge is 0.00870 e. The predicted molar refractivity (Wildman–Crippen MR) is 62.3 cm³/mol. The zero-order valence-electron chi connectivity index (χ0n) is 10.00. The maximum absolute atomic E-state index is 6.08. The molecule has 0 aromatic rings. The van der Waals surface area contributed by atoms with Gasteiger partial charge in [0.2, 0.25) is 0 Å². The van der Waals surface area contributed by atoms with Crippen LogP contribution in [-0.4, -0.2) is 30.6 Å². The molecule has 0 saturated heterocycles. The quantitative estimate of drug-likeness (QED) is 0.734. The Balaban J connectivity index is 2.34. The Labute approximate surface area is 88.8 Å². The van der Waals surface area contributed by atoms with Crippen LogP contribution in [0.3, 0.4) is 0 Å². The van der Waals surface area contributed by atoms with E-state index in [4.69, 9.17) is 5.73 Å². The molecule has 2 N–H and O–H groups in total. The van der Waals surface area contributed by atoms with Gasteiger partial charge >= 0.3 is 0 Å². The van der Waals surface area contributed by atoms with Gasteiger partial charge in [0.25, 0.3) is 0 Å². The monoisotopic (exact) mass is 198 g/mol. The van der Waals surface area contributed by atoms with Crippen LogP contribution in [0.4, 0.5) is 0 Å². The number of hydrogen-bond acceptors (Lipinski definition) is 2. The first-order valence-electron chi connectivity index (χ1n) is 6.14. The Bertz CT molecular complexity index is 154. The van der Waals surface area contributed by atoms with Crippen molar-refractivity contribution in [1.29, 1.82) is 0 Å². The van der Waals surface area contributed by atoms with Crippen molar-refractivity contribution >= 4 is 0 Å². The Kier molecular flexibility index (Phi) is 4.90. The highest BCUT2D eigenvalue weighted by molar-refractivity contribution is 4.83. The molecule has 0 aromatic carbocycles. The zero-order valence-corrected chi connectivity index (χ0v) is 10.00. The van der Waals surface area contributed by atoms with Gasteiger partial charge in [-0.15, -0.1) is 0 Å². The molecule has 0 radical (unpaired) electrons. The fourth-order valence-electron chi connectivity index (χ4n) is 2.72. The third-order valence-corrected chi connectivity index (χ3v) is 3.81. The van der Waals surface area contributed by atoms with Gasteiger partial charge in [0.1, 0.15) is 0 Å². The molecule has 0 aliphatic heterocycles. The van der Waals surface area contributed by atoms with Crippen LogP contribution in [-0.2, 0) is 0 Å². The highest BCUT2D eigenvalue weighted by atomic mass is 15.1. The lowest BCUT2D eigenvalue weighted by atomic mass is 10.0. The molecular weight excluding hydrogens is 172 g/mol. The number of nitrogens with two attached hydrogens (primary N) is 1. The van der Waals surface area contributed by atoms with Gasteiger partial charge in [0, 0.05) is 18.6 Å². The van der Waals surface area contributed by atoms with Gasteiger partial charge < -0.3 is 10.6 Å². The Morgan fingerprint density at radius 3 is 2.36 bits per heavy atom. The molecule has 2 nitrogen and oxygen atoms in total. The van der Waals surface area contributed by atoms with E-state index in [1.54, 1.807) is 0 Å². The Morgan fingerprint density at radius 1 is 1.29 bits per heavy atom. The summed E-state index contributed by atoms with van der Waals surface area (Å²) in [5.74, 6) is 0.751. The fraction of sp³-hybridized carbons (Fsp3) is 1.00. The number of rotatable bonds is 5. The van der Waals surface area contributed by atoms with Gasteiger partial charge in [0.15, 0.2) is 0 Å². The van der Waals surface area contributed by atoms with Crippen molar-refractivity contribution in [2.75, 3.05) is 13.6 Å². The van der Waals surface area contributed by atoms with Crippen molar-refractivity contribution in [1.82, 2.24) is 4.90 Å². The molecule has 84 valence electrons. The maximum Gasteiger partial charge on any atom is 0.00870 e. The molecule has 0 heterocycles. The lowest BCUT2D eigenvalue weighted by molar-refractivity contribution is 0.190. The standard InChI is InChI=1S/C12H26N2/c1-4-11(5-2)14(3)9-10-7-6-8-12(10)13/h10-12H,4-9,13H2,1-3H3. The van der Waals surface area contributed by atoms with E-state index in [1.807, 2.05) is 0 Å². The van der Waals surface area contributed by atoms with E-state index in [0.29, 0.717) is 6.04 Å². The minimum Gasteiger partial charge on any atom is -0.327 e. The average Bonchev–Trinajstić information content (AvgIpc) is 2.54. The molecule has 0 amide bonds. The number of hydrogen-bond donors (Lipinski definition) is 1. The van der Waals surface area contributed by atoms with Crippen molar-refractivity contribution in [2.45, 2.75) is 58.0 Å². The molecular formula is C12H26N2. The first kappa shape index (κ1) is 12.0. The maximum atomic E-state index is 6.08. The van der Waals surface area contributed by atoms with Gasteiger partial charge in [-0.2, -0.15) is 0 Å². The summed E-state index contributed by atoms with van der Waals surface area (Å²) in [4.78, 5) is 2.51. The highest BCUT2D eigenvalue weighted by Gasteiger charge is 2.26. The highest BCUT2D eigenvalue weighted by Crippen LogP contribution is 2.25. The molecule has 1 fully saturated rings. The van der Waals surface area contributed by atoms with Gasteiger partial charge in [-0.05, 0) is 38.6 Å². The summed E-state index contributed by atoms with van der Waals surface area (Å²) in [5, 5.41) is 0. The van der Waals surface area contributed by atoms with Crippen molar-refractivity contribution < 1.29 is 0 Å². The third kappa shape index (κ3) is 2.96. The Hall–Kier alpha value is -0.0800. The van der Waals surface area contributed by atoms with E-state index in [2.05, 4.69) is 25.8 Å². The third-order valence-electron chi connectivity index (χ3n) is 3.81. The van der Waals surface area contributed by atoms with Crippen LogP contribution in [0.5, 0.6) is 0 Å². The molecule has 2 heteroatoms. The van der Waals surface area contributed by atoms with E-state index in [-0.39, 0.29) is 0 Å². The summed E-state index contributed by atoms with van der Waals surface area (Å²) < 4.78 is 0. The largest absolute Gasteiger partial charge is 0.327 e. The van der Waals surface area contributed by atoms with Crippen molar-refractivity contribution in [2.24, 2.45) is 11.7 Å². The van der Waals surface area contributed by atoms with Gasteiger partial charge in [0.05, 0.1) is 0 Å². The normalized spacial score (nSPS) is 27.9. The molecule has 14 heavy (non-hydrogen) atoms. The van der Waals surface area contributed by atoms with Crippen molar-refractivity contribution in [3.63, 3.8) is 0 Å². The lowest BCUT2D eigenvalue weighted by Gasteiger charge is -2.30.